The molecule has 0 aromatic heterocycles. The van der Waals surface area contributed by atoms with Crippen LogP contribution in [0.15, 0.2) is 0 Å². The molecule has 168 valence electrons. The summed E-state index contributed by atoms with van der Waals surface area (Å²) in [7, 11) is 0. The van der Waals surface area contributed by atoms with Crippen molar-refractivity contribution in [2.75, 3.05) is 26.4 Å². The van der Waals surface area contributed by atoms with Gasteiger partial charge < -0.3 is 70.8 Å². The minimum absolute atomic E-state index is 0. The molecule has 2 saturated heterocycles. The molecule has 10 N–H and O–H groups in total. The maximum absolute atomic E-state index is 10.5. The molecule has 0 aromatic carbocycles. The zero-order valence-corrected chi connectivity index (χ0v) is 17.5. The summed E-state index contributed by atoms with van der Waals surface area (Å²) in [4.78, 5) is 0. The molecule has 15 heteroatoms. The summed E-state index contributed by atoms with van der Waals surface area (Å²) in [5.74, 6) is -4.93. The number of ether oxygens (including phenoxy) is 2. The fourth-order valence-electron chi connectivity index (χ4n) is 2.68. The van der Waals surface area contributed by atoms with E-state index in [0.717, 1.165) is 0 Å². The van der Waals surface area contributed by atoms with E-state index in [1.807, 2.05) is 0 Å². The van der Waals surface area contributed by atoms with Gasteiger partial charge in [-0.15, -0.1) is 0 Å². The van der Waals surface area contributed by atoms with E-state index in [-0.39, 0.29) is 37.7 Å². The molecule has 0 radical (unpaired) electrons. The molecule has 2 aliphatic rings. The maximum atomic E-state index is 10.5. The Kier molecular flexibility index (Phi) is 12.4. The second-order valence-corrected chi connectivity index (χ2v) is 6.51. The van der Waals surface area contributed by atoms with Crippen molar-refractivity contribution in [1.29, 1.82) is 0 Å². The van der Waals surface area contributed by atoms with E-state index < -0.39 is 86.8 Å². The molecule has 29 heavy (non-hydrogen) atoms. The molecule has 0 spiro atoms. The van der Waals surface area contributed by atoms with E-state index in [9.17, 15) is 51.1 Å². The van der Waals surface area contributed by atoms with Gasteiger partial charge in [-0.25, -0.2) is 0 Å². The van der Waals surface area contributed by atoms with Crippen molar-refractivity contribution in [2.24, 2.45) is 0 Å². The van der Waals surface area contributed by atoms with Crippen LogP contribution in [-0.2, 0) is 9.47 Å². The minimum atomic E-state index is -2.47. The Balaban J connectivity index is 0.000000523. The molecule has 2 fully saturated rings. The average Bonchev–Trinajstić information content (AvgIpc) is 2.70. The van der Waals surface area contributed by atoms with Crippen LogP contribution in [0, 0.1) is 0 Å². The first kappa shape index (κ1) is 29.7. The Labute approximate surface area is 194 Å². The predicted octanol–water partition coefficient (Wildman–Crippen LogP) is -9.36. The van der Waals surface area contributed by atoms with E-state index in [1.54, 1.807) is 0 Å². The van der Waals surface area contributed by atoms with Crippen LogP contribution >= 0.6 is 0 Å². The second-order valence-electron chi connectivity index (χ2n) is 6.51. The van der Waals surface area contributed by atoms with Gasteiger partial charge in [0.05, 0.1) is 13.2 Å². The molecule has 2 heterocycles. The molecule has 14 nitrogen and oxygen atoms in total. The zero-order valence-electron chi connectivity index (χ0n) is 15.3. The van der Waals surface area contributed by atoms with Crippen molar-refractivity contribution in [3.05, 3.63) is 0 Å². The van der Waals surface area contributed by atoms with Gasteiger partial charge in [0.1, 0.15) is 48.8 Å². The Hall–Kier alpha value is 0.700. The van der Waals surface area contributed by atoms with Crippen molar-refractivity contribution >= 4 is 37.7 Å². The standard InChI is InChI=1S/2C7H13O7.Ca/c2*8-1-3-4(10)5(11)6(12)7(13,2-9)14-3;/h2*3-6,8,10-13H,1-2H2;/q2*-1;+2/t2*3-,4-,5+,6-,7-;/m11./s1. The third-order valence-electron chi connectivity index (χ3n) is 4.52. The Morgan fingerprint density at radius 2 is 0.897 bits per heavy atom. The van der Waals surface area contributed by atoms with Gasteiger partial charge in [0.25, 0.3) is 0 Å². The van der Waals surface area contributed by atoms with Crippen LogP contribution in [0.4, 0.5) is 0 Å². The number of rotatable bonds is 4. The number of aliphatic hydroxyl groups excluding tert-OH is 8. The maximum Gasteiger partial charge on any atom is 2.00 e. The van der Waals surface area contributed by atoms with E-state index in [1.165, 1.54) is 0 Å². The van der Waals surface area contributed by atoms with Crippen LogP contribution in [0.25, 0.3) is 0 Å². The molecule has 0 bridgehead atoms. The van der Waals surface area contributed by atoms with Gasteiger partial charge >= 0.3 is 37.7 Å². The second kappa shape index (κ2) is 12.1. The van der Waals surface area contributed by atoms with Gasteiger partial charge in [0, 0.05) is 0 Å². The normalized spacial score (nSPS) is 47.6. The SMILES string of the molecule is [Ca+2].[O-]C[C@@]1(O)O[C@H](CO)[C@@H](O)[C@H](O)[C@H]1O.[O-]C[C@@]1(O)O[C@H](CO)[C@@H](O)[C@H](O)[C@H]1O. The molecule has 10 atom stereocenters. The summed E-state index contributed by atoms with van der Waals surface area (Å²) >= 11 is 0. The summed E-state index contributed by atoms with van der Waals surface area (Å²) in [6, 6.07) is 0. The van der Waals surface area contributed by atoms with Crippen molar-refractivity contribution in [3.63, 3.8) is 0 Å². The van der Waals surface area contributed by atoms with E-state index in [0.29, 0.717) is 0 Å². The van der Waals surface area contributed by atoms with Gasteiger partial charge in [-0.2, -0.15) is 0 Å². The van der Waals surface area contributed by atoms with Crippen LogP contribution < -0.4 is 10.2 Å². The fourth-order valence-corrected chi connectivity index (χ4v) is 2.68. The van der Waals surface area contributed by atoms with Crippen molar-refractivity contribution in [2.45, 2.75) is 60.4 Å². The molecule has 0 amide bonds. The summed E-state index contributed by atoms with van der Waals surface area (Å²) in [6.07, 6.45) is -12.9. The van der Waals surface area contributed by atoms with Crippen LogP contribution in [0.2, 0.25) is 0 Å². The third-order valence-corrected chi connectivity index (χ3v) is 4.52. The number of hydrogen-bond acceptors (Lipinski definition) is 14. The van der Waals surface area contributed by atoms with Crippen molar-refractivity contribution in [3.8, 4) is 0 Å². The molecule has 2 aliphatic heterocycles. The van der Waals surface area contributed by atoms with Crippen LogP contribution in [0.3, 0.4) is 0 Å². The molecule has 0 aromatic rings. The quantitative estimate of drug-likeness (QED) is 0.175. The van der Waals surface area contributed by atoms with Crippen LogP contribution in [-0.4, -0.2) is 176 Å². The van der Waals surface area contributed by atoms with Crippen LogP contribution in [0.1, 0.15) is 0 Å². The van der Waals surface area contributed by atoms with Gasteiger partial charge in [-0.1, -0.05) is 13.2 Å². The topological polar surface area (TPSA) is 267 Å². The average molecular weight is 458 g/mol. The molecule has 0 aliphatic carbocycles. The third kappa shape index (κ3) is 6.36. The summed E-state index contributed by atoms with van der Waals surface area (Å²) < 4.78 is 9.20. The fraction of sp³-hybridized carbons (Fsp3) is 1.00. The molecule has 0 saturated carbocycles. The van der Waals surface area contributed by atoms with Crippen LogP contribution in [0.5, 0.6) is 0 Å². The van der Waals surface area contributed by atoms with Gasteiger partial charge in [0.15, 0.2) is 11.6 Å². The van der Waals surface area contributed by atoms with E-state index in [4.69, 9.17) is 10.2 Å². The van der Waals surface area contributed by atoms with E-state index in [2.05, 4.69) is 9.47 Å². The molecule has 2 rings (SSSR count). The first-order chi connectivity index (χ1) is 12.9. The van der Waals surface area contributed by atoms with Gasteiger partial charge in [-0.05, 0) is 0 Å². The Bertz CT molecular complexity index is 441. The molecular weight excluding hydrogens is 432 g/mol. The minimum Gasteiger partial charge on any atom is -0.851 e. The van der Waals surface area contributed by atoms with Gasteiger partial charge in [0.2, 0.25) is 0 Å². The van der Waals surface area contributed by atoms with Crippen molar-refractivity contribution < 1.29 is 70.8 Å². The summed E-state index contributed by atoms with van der Waals surface area (Å²) in [5, 5.41) is 113. The molecule has 0 unspecified atom stereocenters. The Morgan fingerprint density at radius 1 is 0.621 bits per heavy atom. The first-order valence-corrected chi connectivity index (χ1v) is 8.19. The largest absolute Gasteiger partial charge is 2.00 e. The van der Waals surface area contributed by atoms with Crippen molar-refractivity contribution in [1.82, 2.24) is 0 Å². The molecular formula is C14H26CaO14. The smallest absolute Gasteiger partial charge is 0.851 e. The zero-order chi connectivity index (χ0) is 21.9. The monoisotopic (exact) mass is 458 g/mol. The first-order valence-electron chi connectivity index (χ1n) is 8.19. The summed E-state index contributed by atoms with van der Waals surface area (Å²) in [5.41, 5.74) is 0. The number of hydrogen-bond donors (Lipinski definition) is 10. The van der Waals surface area contributed by atoms with Gasteiger partial charge in [-0.3, -0.25) is 0 Å². The van der Waals surface area contributed by atoms with E-state index >= 15 is 0 Å². The Morgan fingerprint density at radius 3 is 1.10 bits per heavy atom. The predicted molar refractivity (Wildman–Crippen MR) is 85.3 cm³/mol. The summed E-state index contributed by atoms with van der Waals surface area (Å²) in [6.45, 7) is -3.75. The number of aliphatic hydroxyl groups is 10.